The summed E-state index contributed by atoms with van der Waals surface area (Å²) in [6, 6.07) is 0. The quantitative estimate of drug-likeness (QED) is 0.518. The van der Waals surface area contributed by atoms with E-state index in [0.29, 0.717) is 5.54 Å². The third-order valence-electron chi connectivity index (χ3n) is 4.88. The van der Waals surface area contributed by atoms with Crippen molar-refractivity contribution >= 4 is 9.68 Å². The van der Waals surface area contributed by atoms with Crippen LogP contribution in [0.3, 0.4) is 0 Å². The van der Waals surface area contributed by atoms with Crippen molar-refractivity contribution in [2.45, 2.75) is 91.1 Å². The molecular weight excluding hydrogens is 260 g/mol. The lowest BCUT2D eigenvalue weighted by molar-refractivity contribution is 0.186. The first-order valence-electron chi connectivity index (χ1n) is 9.08. The van der Waals surface area contributed by atoms with Gasteiger partial charge in [-0.1, -0.05) is 54.4 Å². The molecule has 3 heteroatoms. The van der Waals surface area contributed by atoms with Crippen molar-refractivity contribution < 1.29 is 0 Å². The molecule has 2 nitrogen and oxygen atoms in total. The lowest BCUT2D eigenvalue weighted by atomic mass is 9.93. The van der Waals surface area contributed by atoms with E-state index in [1.54, 1.807) is 0 Å². The first-order chi connectivity index (χ1) is 9.61. The minimum atomic E-state index is -0.148. The Balaban J connectivity index is 4.62. The maximum absolute atomic E-state index is 4.08. The van der Waals surface area contributed by atoms with Crippen molar-refractivity contribution in [2.24, 2.45) is 0 Å². The summed E-state index contributed by atoms with van der Waals surface area (Å²) in [5, 5.41) is 0. The Bertz CT molecular complexity index is 207. The van der Waals surface area contributed by atoms with Crippen molar-refractivity contribution in [1.29, 1.82) is 0 Å². The Morgan fingerprint density at radius 1 is 0.900 bits per heavy atom. The van der Waals surface area contributed by atoms with Gasteiger partial charge in [-0.05, 0) is 44.3 Å². The summed E-state index contributed by atoms with van der Waals surface area (Å²) in [5.41, 5.74) is 1.34. The second-order valence-electron chi connectivity index (χ2n) is 6.33. The van der Waals surface area contributed by atoms with Crippen LogP contribution < -0.4 is 4.98 Å². The van der Waals surface area contributed by atoms with E-state index >= 15 is 0 Å². The van der Waals surface area contributed by atoms with E-state index < -0.39 is 0 Å². The average molecular weight is 301 g/mol. The highest BCUT2D eigenvalue weighted by Crippen LogP contribution is 2.20. The lowest BCUT2D eigenvalue weighted by Crippen LogP contribution is -2.55. The van der Waals surface area contributed by atoms with Crippen LogP contribution in [0.25, 0.3) is 0 Å². The van der Waals surface area contributed by atoms with Crippen LogP contribution >= 0.6 is 0 Å². The Kier molecular flexibility index (Phi) is 11.8. The molecule has 0 rings (SSSR count). The molecule has 0 amide bonds. The van der Waals surface area contributed by atoms with Gasteiger partial charge in [-0.3, -0.25) is 0 Å². The van der Waals surface area contributed by atoms with Gasteiger partial charge in [-0.25, -0.2) is 0 Å². The molecule has 0 aromatic rings. The average Bonchev–Trinajstić information content (AvgIpc) is 2.47. The Morgan fingerprint density at radius 2 is 1.40 bits per heavy atom. The van der Waals surface area contributed by atoms with Gasteiger partial charge in [0.1, 0.15) is 0 Å². The maximum Gasteiger partial charge on any atom is 0.0953 e. The minimum absolute atomic E-state index is 0.148. The van der Waals surface area contributed by atoms with Crippen molar-refractivity contribution in [3.8, 4) is 0 Å². The van der Waals surface area contributed by atoms with Gasteiger partial charge in [0, 0.05) is 12.1 Å². The number of nitrogens with zero attached hydrogens (tertiary/aromatic N) is 1. The van der Waals surface area contributed by atoms with E-state index in [2.05, 4.69) is 51.4 Å². The van der Waals surface area contributed by atoms with Crippen LogP contribution in [-0.2, 0) is 0 Å². The molecule has 0 aliphatic rings. The van der Waals surface area contributed by atoms with Crippen molar-refractivity contribution in [3.05, 3.63) is 0 Å². The van der Waals surface area contributed by atoms with Crippen molar-refractivity contribution in [2.75, 3.05) is 19.6 Å². The monoisotopic (exact) mass is 300 g/mol. The van der Waals surface area contributed by atoms with E-state index in [4.69, 9.17) is 0 Å². The Hall–Kier alpha value is 0.137. The molecule has 0 aromatic carbocycles. The van der Waals surface area contributed by atoms with Crippen LogP contribution in [0.2, 0.25) is 5.54 Å². The summed E-state index contributed by atoms with van der Waals surface area (Å²) in [6.07, 6.45) is 7.78. The molecule has 0 atom stereocenters. The first kappa shape index (κ1) is 20.1. The van der Waals surface area contributed by atoms with Gasteiger partial charge in [-0.15, -0.1) is 0 Å². The topological polar surface area (TPSA) is 15.3 Å². The van der Waals surface area contributed by atoms with Gasteiger partial charge in [0.25, 0.3) is 0 Å². The summed E-state index contributed by atoms with van der Waals surface area (Å²) in [5.74, 6) is 0. The molecule has 0 spiro atoms. The molecule has 1 N–H and O–H groups in total. The number of hydrogen-bond donors (Lipinski definition) is 1. The molecule has 0 unspecified atom stereocenters. The van der Waals surface area contributed by atoms with E-state index in [9.17, 15) is 0 Å². The molecule has 0 radical (unpaired) electrons. The summed E-state index contributed by atoms with van der Waals surface area (Å²) in [4.78, 5) is 6.76. The molecule has 0 saturated carbocycles. The fraction of sp³-hybridized carbons (Fsp3) is 1.00. The molecule has 20 heavy (non-hydrogen) atoms. The van der Waals surface area contributed by atoms with Crippen LogP contribution in [0.1, 0.15) is 80.1 Å². The van der Waals surface area contributed by atoms with Crippen LogP contribution in [0.15, 0.2) is 0 Å². The summed E-state index contributed by atoms with van der Waals surface area (Å²) in [7, 11) is -0.148. The normalized spacial score (nSPS) is 13.2. The molecule has 0 heterocycles. The standard InChI is InChI=1S/C17H40N2Si/c1-7-13-19(14-8-2)15-17(11-5,12-6)18-20-16(9-3)10-4/h16,18H,7-15,20H2,1-6H3. The molecule has 0 aliphatic carbocycles. The SMILES string of the molecule is CCCN(CCC)CC(CC)(CC)N[SiH2]C(CC)CC. The minimum Gasteiger partial charge on any atom is -0.336 e. The molecule has 0 saturated heterocycles. The lowest BCUT2D eigenvalue weighted by Gasteiger charge is -2.39. The Morgan fingerprint density at radius 3 is 1.75 bits per heavy atom. The van der Waals surface area contributed by atoms with Crippen LogP contribution in [0.4, 0.5) is 0 Å². The van der Waals surface area contributed by atoms with E-state index in [1.807, 2.05) is 0 Å². The van der Waals surface area contributed by atoms with Crippen LogP contribution in [0, 0.1) is 0 Å². The summed E-state index contributed by atoms with van der Waals surface area (Å²) < 4.78 is 0. The van der Waals surface area contributed by atoms with Gasteiger partial charge in [0.2, 0.25) is 0 Å². The van der Waals surface area contributed by atoms with E-state index in [0.717, 1.165) is 5.54 Å². The second kappa shape index (κ2) is 11.8. The van der Waals surface area contributed by atoms with Crippen molar-refractivity contribution in [1.82, 2.24) is 9.88 Å². The molecule has 0 bridgehead atoms. The van der Waals surface area contributed by atoms with Gasteiger partial charge in [-0.2, -0.15) is 0 Å². The van der Waals surface area contributed by atoms with Crippen LogP contribution in [0.5, 0.6) is 0 Å². The largest absolute Gasteiger partial charge is 0.336 e. The van der Waals surface area contributed by atoms with Gasteiger partial charge in [0.05, 0.1) is 9.68 Å². The zero-order chi connectivity index (χ0) is 15.4. The molecule has 0 fully saturated rings. The number of rotatable bonds is 13. The van der Waals surface area contributed by atoms with Gasteiger partial charge < -0.3 is 9.88 Å². The zero-order valence-corrected chi connectivity index (χ0v) is 16.5. The molecule has 122 valence electrons. The van der Waals surface area contributed by atoms with E-state index in [1.165, 1.54) is 58.2 Å². The summed E-state index contributed by atoms with van der Waals surface area (Å²) in [6.45, 7) is 17.8. The fourth-order valence-electron chi connectivity index (χ4n) is 3.05. The maximum atomic E-state index is 4.08. The van der Waals surface area contributed by atoms with Crippen LogP contribution in [-0.4, -0.2) is 39.8 Å². The molecule has 0 aliphatic heterocycles. The Labute approximate surface area is 131 Å². The highest BCUT2D eigenvalue weighted by molar-refractivity contribution is 6.34. The predicted molar refractivity (Wildman–Crippen MR) is 96.3 cm³/mol. The van der Waals surface area contributed by atoms with Crippen molar-refractivity contribution in [3.63, 3.8) is 0 Å². The molecular formula is C17H40N2Si. The fourth-order valence-corrected chi connectivity index (χ4v) is 4.96. The highest BCUT2D eigenvalue weighted by atomic mass is 28.2. The molecule has 0 aromatic heterocycles. The second-order valence-corrected chi connectivity index (χ2v) is 8.24. The first-order valence-corrected chi connectivity index (χ1v) is 10.6. The predicted octanol–water partition coefficient (Wildman–Crippen LogP) is 3.95. The highest BCUT2D eigenvalue weighted by Gasteiger charge is 2.28. The zero-order valence-electron chi connectivity index (χ0n) is 15.1. The van der Waals surface area contributed by atoms with Gasteiger partial charge >= 0.3 is 0 Å². The third kappa shape index (κ3) is 7.23. The summed E-state index contributed by atoms with van der Waals surface area (Å²) >= 11 is 0. The number of hydrogen-bond acceptors (Lipinski definition) is 2. The third-order valence-corrected chi connectivity index (χ3v) is 7.57. The smallest absolute Gasteiger partial charge is 0.0953 e. The van der Waals surface area contributed by atoms with Gasteiger partial charge in [0.15, 0.2) is 0 Å². The van der Waals surface area contributed by atoms with E-state index in [-0.39, 0.29) is 9.68 Å². The number of nitrogens with one attached hydrogen (secondary N) is 1.